The van der Waals surface area contributed by atoms with E-state index in [1.54, 1.807) is 14.2 Å². The summed E-state index contributed by atoms with van der Waals surface area (Å²) in [6, 6.07) is 5.63. The summed E-state index contributed by atoms with van der Waals surface area (Å²) >= 11 is 0. The zero-order valence-electron chi connectivity index (χ0n) is 9.36. The molecule has 0 saturated heterocycles. The van der Waals surface area contributed by atoms with Crippen molar-refractivity contribution in [3.05, 3.63) is 23.8 Å². The fourth-order valence-electron chi connectivity index (χ4n) is 1.43. The molecule has 4 heteroatoms. The predicted molar refractivity (Wildman–Crippen MR) is 57.4 cm³/mol. The lowest BCUT2D eigenvalue weighted by molar-refractivity contribution is -0.0735. The third-order valence-corrected chi connectivity index (χ3v) is 1.96. The molecule has 0 atom stereocenters. The van der Waals surface area contributed by atoms with Crippen LogP contribution < -0.4 is 9.47 Å². The van der Waals surface area contributed by atoms with Crippen LogP contribution in [0.15, 0.2) is 18.2 Å². The van der Waals surface area contributed by atoms with Gasteiger partial charge in [-0.05, 0) is 13.0 Å². The van der Waals surface area contributed by atoms with Gasteiger partial charge >= 0.3 is 0 Å². The summed E-state index contributed by atoms with van der Waals surface area (Å²) in [6.45, 7) is 2.92. The van der Waals surface area contributed by atoms with Crippen molar-refractivity contribution in [1.29, 1.82) is 0 Å². The molecule has 0 aromatic heterocycles. The van der Waals surface area contributed by atoms with Crippen molar-refractivity contribution in [2.24, 2.45) is 0 Å². The van der Waals surface area contributed by atoms with Crippen LogP contribution in [0, 0.1) is 0 Å². The summed E-state index contributed by atoms with van der Waals surface area (Å²) in [5.41, 5.74) is 0.897. The number of nitrogens with zero attached hydrogens (tertiary/aromatic N) is 1. The van der Waals surface area contributed by atoms with Crippen molar-refractivity contribution < 1.29 is 14.7 Å². The number of para-hydroxylation sites is 1. The second-order valence-electron chi connectivity index (χ2n) is 3.20. The molecule has 0 spiro atoms. The highest BCUT2D eigenvalue weighted by Crippen LogP contribution is 2.31. The summed E-state index contributed by atoms with van der Waals surface area (Å²) in [4.78, 5) is 0. The molecule has 1 aromatic rings. The molecule has 84 valence electrons. The van der Waals surface area contributed by atoms with E-state index in [0.717, 1.165) is 10.6 Å². The first-order valence-corrected chi connectivity index (χ1v) is 4.87. The summed E-state index contributed by atoms with van der Waals surface area (Å²) in [7, 11) is 3.19. The Bertz CT molecular complexity index is 313. The van der Waals surface area contributed by atoms with E-state index >= 15 is 0 Å². The Morgan fingerprint density at radius 1 is 1.40 bits per heavy atom. The van der Waals surface area contributed by atoms with E-state index in [4.69, 9.17) is 9.47 Å². The number of methoxy groups -OCH3 is 1. The molecule has 0 aliphatic carbocycles. The second-order valence-corrected chi connectivity index (χ2v) is 3.20. The molecule has 0 amide bonds. The van der Waals surface area contributed by atoms with Crippen LogP contribution in [-0.4, -0.2) is 31.0 Å². The van der Waals surface area contributed by atoms with Crippen LogP contribution in [0.1, 0.15) is 12.5 Å². The highest BCUT2D eigenvalue weighted by atomic mass is 16.5. The van der Waals surface area contributed by atoms with E-state index in [2.05, 4.69) is 0 Å². The topological polar surface area (TPSA) is 41.9 Å². The van der Waals surface area contributed by atoms with Crippen LogP contribution in [0.3, 0.4) is 0 Å². The Balaban J connectivity index is 2.98. The highest BCUT2D eigenvalue weighted by molar-refractivity contribution is 5.46. The summed E-state index contributed by atoms with van der Waals surface area (Å²) in [5, 5.41) is 10.3. The van der Waals surface area contributed by atoms with E-state index in [1.807, 2.05) is 25.1 Å². The SMILES string of the molecule is CCOc1cccc(CN(C)O)c1OC. The number of hydroxylamine groups is 2. The molecule has 1 rings (SSSR count). The maximum atomic E-state index is 9.18. The standard InChI is InChI=1S/C11H17NO3/c1-4-15-10-7-5-6-9(8-12(2)13)11(10)14-3/h5-7,13H,4,8H2,1-3H3. The predicted octanol–water partition coefficient (Wildman–Crippen LogP) is 1.91. The number of benzene rings is 1. The van der Waals surface area contributed by atoms with E-state index in [0.29, 0.717) is 24.7 Å². The van der Waals surface area contributed by atoms with Gasteiger partial charge in [-0.1, -0.05) is 12.1 Å². The smallest absolute Gasteiger partial charge is 0.165 e. The van der Waals surface area contributed by atoms with E-state index in [-0.39, 0.29) is 0 Å². The van der Waals surface area contributed by atoms with E-state index in [9.17, 15) is 5.21 Å². The lowest BCUT2D eigenvalue weighted by Gasteiger charge is -2.15. The van der Waals surface area contributed by atoms with E-state index < -0.39 is 0 Å². The molecule has 0 radical (unpaired) electrons. The molecule has 0 aliphatic heterocycles. The van der Waals surface area contributed by atoms with Gasteiger partial charge in [-0.2, -0.15) is 5.06 Å². The lowest BCUT2D eigenvalue weighted by Crippen LogP contribution is -2.12. The average molecular weight is 211 g/mol. The third kappa shape index (κ3) is 3.11. The molecule has 0 saturated carbocycles. The Kier molecular flexibility index (Phi) is 4.39. The Morgan fingerprint density at radius 2 is 2.13 bits per heavy atom. The van der Waals surface area contributed by atoms with Gasteiger partial charge in [0.25, 0.3) is 0 Å². The van der Waals surface area contributed by atoms with Gasteiger partial charge in [-0.25, -0.2) is 0 Å². The molecular weight excluding hydrogens is 194 g/mol. The molecule has 1 N–H and O–H groups in total. The van der Waals surface area contributed by atoms with Crippen molar-refractivity contribution in [2.75, 3.05) is 20.8 Å². The van der Waals surface area contributed by atoms with Gasteiger partial charge in [0.05, 0.1) is 20.3 Å². The number of hydrogen-bond donors (Lipinski definition) is 1. The van der Waals surface area contributed by atoms with Crippen molar-refractivity contribution in [3.8, 4) is 11.5 Å². The van der Waals surface area contributed by atoms with Crippen LogP contribution >= 0.6 is 0 Å². The third-order valence-electron chi connectivity index (χ3n) is 1.96. The Labute approximate surface area is 90.0 Å². The monoisotopic (exact) mass is 211 g/mol. The normalized spacial score (nSPS) is 10.5. The molecule has 0 heterocycles. The molecule has 0 fully saturated rings. The average Bonchev–Trinajstić information content (AvgIpc) is 2.18. The second kappa shape index (κ2) is 5.58. The lowest BCUT2D eigenvalue weighted by atomic mass is 10.2. The molecule has 15 heavy (non-hydrogen) atoms. The van der Waals surface area contributed by atoms with E-state index in [1.165, 1.54) is 0 Å². The minimum atomic E-state index is 0.407. The molecule has 1 aromatic carbocycles. The van der Waals surface area contributed by atoms with Crippen molar-refractivity contribution >= 4 is 0 Å². The quantitative estimate of drug-likeness (QED) is 0.755. The summed E-state index contributed by atoms with van der Waals surface area (Å²) in [6.07, 6.45) is 0. The largest absolute Gasteiger partial charge is 0.493 e. The minimum absolute atomic E-state index is 0.407. The molecule has 0 unspecified atom stereocenters. The van der Waals surface area contributed by atoms with Gasteiger partial charge in [0, 0.05) is 12.6 Å². The van der Waals surface area contributed by atoms with Crippen molar-refractivity contribution in [2.45, 2.75) is 13.5 Å². The maximum Gasteiger partial charge on any atom is 0.165 e. The van der Waals surface area contributed by atoms with Gasteiger partial charge in [0.15, 0.2) is 11.5 Å². The van der Waals surface area contributed by atoms with Crippen LogP contribution in [0.2, 0.25) is 0 Å². The fourth-order valence-corrected chi connectivity index (χ4v) is 1.43. The Hall–Kier alpha value is -1.26. The Morgan fingerprint density at radius 3 is 2.67 bits per heavy atom. The molecular formula is C11H17NO3. The molecule has 0 aliphatic rings. The number of hydrogen-bond acceptors (Lipinski definition) is 4. The zero-order valence-corrected chi connectivity index (χ0v) is 9.36. The van der Waals surface area contributed by atoms with Gasteiger partial charge < -0.3 is 14.7 Å². The van der Waals surface area contributed by atoms with Gasteiger partial charge in [0.1, 0.15) is 0 Å². The van der Waals surface area contributed by atoms with Crippen molar-refractivity contribution in [3.63, 3.8) is 0 Å². The van der Waals surface area contributed by atoms with Gasteiger partial charge in [0.2, 0.25) is 0 Å². The first kappa shape index (κ1) is 11.8. The molecule has 0 bridgehead atoms. The maximum absolute atomic E-state index is 9.18. The summed E-state index contributed by atoms with van der Waals surface area (Å²) in [5.74, 6) is 1.39. The summed E-state index contributed by atoms with van der Waals surface area (Å²) < 4.78 is 10.7. The van der Waals surface area contributed by atoms with Gasteiger partial charge in [-0.3, -0.25) is 0 Å². The van der Waals surface area contributed by atoms with Crippen LogP contribution in [0.5, 0.6) is 11.5 Å². The first-order chi connectivity index (χ1) is 7.19. The number of ether oxygens (including phenoxy) is 2. The number of rotatable bonds is 5. The molecule has 4 nitrogen and oxygen atoms in total. The van der Waals surface area contributed by atoms with Crippen LogP contribution in [0.25, 0.3) is 0 Å². The van der Waals surface area contributed by atoms with Crippen molar-refractivity contribution in [1.82, 2.24) is 5.06 Å². The fraction of sp³-hybridized carbons (Fsp3) is 0.455. The van der Waals surface area contributed by atoms with Gasteiger partial charge in [-0.15, -0.1) is 0 Å². The highest BCUT2D eigenvalue weighted by Gasteiger charge is 2.10. The van der Waals surface area contributed by atoms with Crippen LogP contribution in [0.4, 0.5) is 0 Å². The van der Waals surface area contributed by atoms with Crippen LogP contribution in [-0.2, 0) is 6.54 Å². The minimum Gasteiger partial charge on any atom is -0.493 e. The first-order valence-electron chi connectivity index (χ1n) is 4.87. The zero-order chi connectivity index (χ0) is 11.3.